The van der Waals surface area contributed by atoms with E-state index in [1.165, 1.54) is 0 Å². The highest BCUT2D eigenvalue weighted by molar-refractivity contribution is 6.03. The van der Waals surface area contributed by atoms with E-state index in [2.05, 4.69) is 10.6 Å². The number of hydrogen-bond donors (Lipinski definition) is 2. The predicted molar refractivity (Wildman–Crippen MR) is 71.6 cm³/mol. The number of amides is 2. The molecule has 1 atom stereocenters. The molecule has 4 nitrogen and oxygen atoms in total. The molecule has 4 heteroatoms. The molecule has 2 rings (SSSR count). The van der Waals surface area contributed by atoms with Crippen molar-refractivity contribution in [3.63, 3.8) is 0 Å². The summed E-state index contributed by atoms with van der Waals surface area (Å²) in [4.78, 5) is 23.4. The van der Waals surface area contributed by atoms with Crippen LogP contribution < -0.4 is 10.6 Å². The first-order valence-corrected chi connectivity index (χ1v) is 6.05. The smallest absolute Gasteiger partial charge is 0.231 e. The van der Waals surface area contributed by atoms with E-state index in [0.29, 0.717) is 0 Å². The fourth-order valence-corrected chi connectivity index (χ4v) is 1.81. The molecule has 1 heterocycles. The third kappa shape index (κ3) is 2.23. The number of carbonyl (C=O) groups excluding carboxylic acids is 2. The normalized spacial score (nSPS) is 18.2. The molecule has 2 amide bonds. The summed E-state index contributed by atoms with van der Waals surface area (Å²) >= 11 is 0. The Hall–Kier alpha value is -1.84. The Kier molecular flexibility index (Phi) is 2.89. The first-order chi connectivity index (χ1) is 8.29. The molecule has 0 fully saturated rings. The quantitative estimate of drug-likeness (QED) is 0.800. The van der Waals surface area contributed by atoms with Gasteiger partial charge in [0.15, 0.2) is 0 Å². The third-order valence-electron chi connectivity index (χ3n) is 3.11. The van der Waals surface area contributed by atoms with Crippen molar-refractivity contribution >= 4 is 23.2 Å². The van der Waals surface area contributed by atoms with E-state index in [1.807, 2.05) is 39.8 Å². The lowest BCUT2D eigenvalue weighted by Crippen LogP contribution is -2.27. The van der Waals surface area contributed by atoms with E-state index >= 15 is 0 Å². The molecule has 0 bridgehead atoms. The van der Waals surface area contributed by atoms with Crippen molar-refractivity contribution in [2.24, 2.45) is 5.41 Å². The maximum Gasteiger partial charge on any atom is 0.231 e. The molecule has 0 radical (unpaired) electrons. The van der Waals surface area contributed by atoms with Crippen LogP contribution in [-0.4, -0.2) is 11.8 Å². The minimum Gasteiger partial charge on any atom is -0.326 e. The minimum absolute atomic E-state index is 0.00398. The van der Waals surface area contributed by atoms with Gasteiger partial charge in [0.2, 0.25) is 11.8 Å². The van der Waals surface area contributed by atoms with E-state index in [1.54, 1.807) is 6.07 Å². The molecule has 1 aromatic carbocycles. The monoisotopic (exact) mass is 246 g/mol. The van der Waals surface area contributed by atoms with Gasteiger partial charge in [0.05, 0.1) is 5.92 Å². The van der Waals surface area contributed by atoms with Crippen LogP contribution in [0.1, 0.15) is 39.2 Å². The van der Waals surface area contributed by atoms with Crippen molar-refractivity contribution in [1.29, 1.82) is 0 Å². The van der Waals surface area contributed by atoms with E-state index in [0.717, 1.165) is 16.9 Å². The van der Waals surface area contributed by atoms with Crippen LogP contribution in [0.3, 0.4) is 0 Å². The SMILES string of the molecule is CC1C(=O)Nc2ccc(NC(=O)C(C)(C)C)cc21. The van der Waals surface area contributed by atoms with Gasteiger partial charge in [0.25, 0.3) is 0 Å². The minimum atomic E-state index is -0.432. The molecular formula is C14H18N2O2. The Morgan fingerprint density at radius 3 is 2.61 bits per heavy atom. The highest BCUT2D eigenvalue weighted by Gasteiger charge is 2.27. The van der Waals surface area contributed by atoms with Gasteiger partial charge < -0.3 is 10.6 Å². The van der Waals surface area contributed by atoms with Crippen LogP contribution in [0.4, 0.5) is 11.4 Å². The van der Waals surface area contributed by atoms with Gasteiger partial charge in [-0.2, -0.15) is 0 Å². The van der Waals surface area contributed by atoms with Crippen LogP contribution in [0.15, 0.2) is 18.2 Å². The zero-order valence-electron chi connectivity index (χ0n) is 11.1. The highest BCUT2D eigenvalue weighted by atomic mass is 16.2. The Balaban J connectivity index is 2.24. The number of hydrogen-bond acceptors (Lipinski definition) is 2. The predicted octanol–water partition coefficient (Wildman–Crippen LogP) is 2.73. The lowest BCUT2D eigenvalue weighted by atomic mass is 9.95. The topological polar surface area (TPSA) is 58.2 Å². The number of nitrogens with one attached hydrogen (secondary N) is 2. The molecule has 1 aliphatic heterocycles. The molecule has 18 heavy (non-hydrogen) atoms. The summed E-state index contributed by atoms with van der Waals surface area (Å²) in [7, 11) is 0. The van der Waals surface area contributed by atoms with Gasteiger partial charge in [-0.25, -0.2) is 0 Å². The van der Waals surface area contributed by atoms with Gasteiger partial charge in [-0.15, -0.1) is 0 Å². The number of anilines is 2. The lowest BCUT2D eigenvalue weighted by Gasteiger charge is -2.18. The van der Waals surface area contributed by atoms with Crippen molar-refractivity contribution < 1.29 is 9.59 Å². The number of rotatable bonds is 1. The molecule has 0 aromatic heterocycles. The number of benzene rings is 1. The summed E-state index contributed by atoms with van der Waals surface area (Å²) in [6, 6.07) is 5.50. The van der Waals surface area contributed by atoms with Gasteiger partial charge in [-0.1, -0.05) is 20.8 Å². The lowest BCUT2D eigenvalue weighted by molar-refractivity contribution is -0.123. The highest BCUT2D eigenvalue weighted by Crippen LogP contribution is 2.34. The number of carbonyl (C=O) groups is 2. The first-order valence-electron chi connectivity index (χ1n) is 6.05. The second-order valence-electron chi connectivity index (χ2n) is 5.72. The average molecular weight is 246 g/mol. The Morgan fingerprint density at radius 2 is 2.00 bits per heavy atom. The fraction of sp³-hybridized carbons (Fsp3) is 0.429. The third-order valence-corrected chi connectivity index (χ3v) is 3.11. The maximum atomic E-state index is 11.9. The van der Waals surface area contributed by atoms with E-state index in [9.17, 15) is 9.59 Å². The van der Waals surface area contributed by atoms with E-state index in [4.69, 9.17) is 0 Å². The summed E-state index contributed by atoms with van der Waals surface area (Å²) < 4.78 is 0. The van der Waals surface area contributed by atoms with Crippen molar-refractivity contribution in [1.82, 2.24) is 0 Å². The van der Waals surface area contributed by atoms with Crippen LogP contribution in [0.5, 0.6) is 0 Å². The zero-order chi connectivity index (χ0) is 13.5. The van der Waals surface area contributed by atoms with Crippen molar-refractivity contribution in [3.05, 3.63) is 23.8 Å². The maximum absolute atomic E-state index is 11.9. The van der Waals surface area contributed by atoms with Crippen LogP contribution >= 0.6 is 0 Å². The van der Waals surface area contributed by atoms with Crippen molar-refractivity contribution in [2.45, 2.75) is 33.6 Å². The Morgan fingerprint density at radius 1 is 1.33 bits per heavy atom. The molecule has 1 unspecified atom stereocenters. The number of fused-ring (bicyclic) bond motifs is 1. The summed E-state index contributed by atoms with van der Waals surface area (Å²) in [5.74, 6) is -0.192. The Labute approximate surface area is 107 Å². The van der Waals surface area contributed by atoms with Gasteiger partial charge in [-0.3, -0.25) is 9.59 Å². The van der Waals surface area contributed by atoms with Gasteiger partial charge in [0.1, 0.15) is 0 Å². The average Bonchev–Trinajstić information content (AvgIpc) is 2.54. The van der Waals surface area contributed by atoms with Crippen molar-refractivity contribution in [2.75, 3.05) is 10.6 Å². The molecule has 2 N–H and O–H groups in total. The molecular weight excluding hydrogens is 228 g/mol. The summed E-state index contributed by atoms with van der Waals surface area (Å²) in [6.45, 7) is 7.45. The summed E-state index contributed by atoms with van der Waals surface area (Å²) in [5.41, 5.74) is 2.07. The molecule has 96 valence electrons. The second-order valence-corrected chi connectivity index (χ2v) is 5.72. The van der Waals surface area contributed by atoms with Crippen LogP contribution in [-0.2, 0) is 9.59 Å². The second kappa shape index (κ2) is 4.12. The standard InChI is InChI=1S/C14H18N2O2/c1-8-10-7-9(15-13(18)14(2,3)4)5-6-11(10)16-12(8)17/h5-8H,1-4H3,(H,15,18)(H,16,17). The van der Waals surface area contributed by atoms with Gasteiger partial charge >= 0.3 is 0 Å². The Bertz CT molecular complexity index is 515. The van der Waals surface area contributed by atoms with Gasteiger partial charge in [-0.05, 0) is 30.7 Å². The van der Waals surface area contributed by atoms with Gasteiger partial charge in [0, 0.05) is 16.8 Å². The molecule has 0 spiro atoms. The molecule has 0 saturated heterocycles. The van der Waals surface area contributed by atoms with E-state index in [-0.39, 0.29) is 17.7 Å². The largest absolute Gasteiger partial charge is 0.326 e. The zero-order valence-corrected chi connectivity index (χ0v) is 11.1. The first kappa shape index (κ1) is 12.6. The molecule has 1 aromatic rings. The van der Waals surface area contributed by atoms with Crippen LogP contribution in [0.2, 0.25) is 0 Å². The van der Waals surface area contributed by atoms with E-state index < -0.39 is 5.41 Å². The molecule has 0 aliphatic carbocycles. The fourth-order valence-electron chi connectivity index (χ4n) is 1.81. The van der Waals surface area contributed by atoms with Crippen LogP contribution in [0.25, 0.3) is 0 Å². The molecule has 0 saturated carbocycles. The summed E-state index contributed by atoms with van der Waals surface area (Å²) in [6.07, 6.45) is 0. The van der Waals surface area contributed by atoms with Crippen LogP contribution in [0, 0.1) is 5.41 Å². The molecule has 1 aliphatic rings. The summed E-state index contributed by atoms with van der Waals surface area (Å²) in [5, 5.41) is 5.68. The van der Waals surface area contributed by atoms with Crippen molar-refractivity contribution in [3.8, 4) is 0 Å².